The van der Waals surface area contributed by atoms with Gasteiger partial charge in [0.2, 0.25) is 5.91 Å². The highest BCUT2D eigenvalue weighted by molar-refractivity contribution is 8.00. The van der Waals surface area contributed by atoms with Crippen LogP contribution < -0.4 is 5.32 Å². The molecule has 2 unspecified atom stereocenters. The van der Waals surface area contributed by atoms with E-state index in [4.69, 9.17) is 23.2 Å². The summed E-state index contributed by atoms with van der Waals surface area (Å²) in [5.41, 5.74) is 1.14. The predicted molar refractivity (Wildman–Crippen MR) is 130 cm³/mol. The van der Waals surface area contributed by atoms with Crippen LogP contribution in [0.2, 0.25) is 10.0 Å². The lowest BCUT2D eigenvalue weighted by atomic mass is 10.2. The summed E-state index contributed by atoms with van der Waals surface area (Å²) in [6, 6.07) is 11.8. The van der Waals surface area contributed by atoms with E-state index in [0.29, 0.717) is 16.7 Å². The van der Waals surface area contributed by atoms with Crippen LogP contribution in [0.1, 0.15) is 37.7 Å². The fraction of sp³-hybridized carbons (Fsp3) is 0.364. The summed E-state index contributed by atoms with van der Waals surface area (Å²) in [4.78, 5) is 19.0. The molecule has 2 heterocycles. The number of rotatable bonds is 9. The summed E-state index contributed by atoms with van der Waals surface area (Å²) in [5.74, 6) is 0.916. The molecular weight excluding hydrogens is 467 g/mol. The summed E-state index contributed by atoms with van der Waals surface area (Å²) in [7, 11) is 4.06. The third-order valence-corrected chi connectivity index (χ3v) is 6.51. The molecule has 170 valence electrons. The smallest absolute Gasteiger partial charge is 0.238 e. The Morgan fingerprint density at radius 1 is 1.22 bits per heavy atom. The van der Waals surface area contributed by atoms with Gasteiger partial charge in [-0.15, -0.1) is 10.2 Å². The molecule has 2 atom stereocenters. The third kappa shape index (κ3) is 6.01. The number of hydrogen-bond acceptors (Lipinski definition) is 6. The zero-order valence-corrected chi connectivity index (χ0v) is 20.7. The number of benzene rings is 1. The van der Waals surface area contributed by atoms with Gasteiger partial charge in [-0.3, -0.25) is 9.69 Å². The van der Waals surface area contributed by atoms with Crippen LogP contribution in [-0.2, 0) is 11.3 Å². The highest BCUT2D eigenvalue weighted by Crippen LogP contribution is 2.29. The van der Waals surface area contributed by atoms with Crippen molar-refractivity contribution in [1.82, 2.24) is 24.6 Å². The van der Waals surface area contributed by atoms with Crippen LogP contribution in [0, 0.1) is 0 Å². The van der Waals surface area contributed by atoms with Crippen LogP contribution in [0.15, 0.2) is 47.8 Å². The van der Waals surface area contributed by atoms with Crippen molar-refractivity contribution in [3.63, 3.8) is 0 Å². The SMILES string of the molecule is CCC(c1nnc(SC(C)C(=O)Nc2ncc(Cl)cc2Cl)n1Cc1ccccc1)N(C)C. The number of aromatic nitrogens is 4. The fourth-order valence-electron chi connectivity index (χ4n) is 3.26. The van der Waals surface area contributed by atoms with E-state index in [-0.39, 0.29) is 22.8 Å². The lowest BCUT2D eigenvalue weighted by Gasteiger charge is -2.23. The Balaban J connectivity index is 1.84. The summed E-state index contributed by atoms with van der Waals surface area (Å²) >= 11 is 13.4. The molecule has 0 bridgehead atoms. The summed E-state index contributed by atoms with van der Waals surface area (Å²) in [6.07, 6.45) is 2.33. The molecule has 0 aliphatic carbocycles. The second-order valence-corrected chi connectivity index (χ2v) is 9.69. The van der Waals surface area contributed by atoms with E-state index in [1.807, 2.05) is 39.2 Å². The Kier molecular flexibility index (Phi) is 8.53. The standard InChI is InChI=1S/C22H26Cl2N6OS/c1-5-18(29(3)4)20-27-28-22(30(20)13-15-9-7-6-8-10-15)32-14(2)21(31)26-19-17(24)11-16(23)12-25-19/h6-12,14,18H,5,13H2,1-4H3,(H,25,26,31). The maximum absolute atomic E-state index is 12.8. The zero-order chi connectivity index (χ0) is 23.3. The van der Waals surface area contributed by atoms with Gasteiger partial charge >= 0.3 is 0 Å². The lowest BCUT2D eigenvalue weighted by Crippen LogP contribution is -2.25. The zero-order valence-electron chi connectivity index (χ0n) is 18.4. The van der Waals surface area contributed by atoms with Gasteiger partial charge in [-0.1, -0.05) is 72.2 Å². The van der Waals surface area contributed by atoms with E-state index in [9.17, 15) is 4.79 Å². The lowest BCUT2D eigenvalue weighted by molar-refractivity contribution is -0.115. The van der Waals surface area contributed by atoms with Gasteiger partial charge in [-0.25, -0.2) is 4.98 Å². The first kappa shape index (κ1) is 24.5. The normalized spacial score (nSPS) is 13.2. The van der Waals surface area contributed by atoms with Crippen molar-refractivity contribution in [1.29, 1.82) is 0 Å². The second-order valence-electron chi connectivity index (χ2n) is 7.53. The second kappa shape index (κ2) is 11.1. The highest BCUT2D eigenvalue weighted by atomic mass is 35.5. The van der Waals surface area contributed by atoms with E-state index in [2.05, 4.69) is 49.0 Å². The predicted octanol–water partition coefficient (Wildman–Crippen LogP) is 5.16. The Morgan fingerprint density at radius 3 is 2.56 bits per heavy atom. The number of amides is 1. The van der Waals surface area contributed by atoms with Crippen molar-refractivity contribution < 1.29 is 4.79 Å². The van der Waals surface area contributed by atoms with Crippen LogP contribution in [0.4, 0.5) is 5.82 Å². The van der Waals surface area contributed by atoms with Crippen LogP contribution >= 0.6 is 35.0 Å². The minimum atomic E-state index is -0.449. The number of carbonyl (C=O) groups is 1. The van der Waals surface area contributed by atoms with Gasteiger partial charge in [0.25, 0.3) is 0 Å². The van der Waals surface area contributed by atoms with Crippen molar-refractivity contribution in [2.75, 3.05) is 19.4 Å². The average Bonchev–Trinajstić information content (AvgIpc) is 3.13. The third-order valence-electron chi connectivity index (χ3n) is 4.94. The molecule has 3 rings (SSSR count). The van der Waals surface area contributed by atoms with Crippen LogP contribution in [0.25, 0.3) is 0 Å². The molecule has 0 saturated heterocycles. The van der Waals surface area contributed by atoms with Gasteiger partial charge in [0.1, 0.15) is 0 Å². The van der Waals surface area contributed by atoms with Crippen molar-refractivity contribution in [3.05, 3.63) is 64.0 Å². The average molecular weight is 493 g/mol. The number of hydrogen-bond donors (Lipinski definition) is 1. The summed E-state index contributed by atoms with van der Waals surface area (Å²) < 4.78 is 2.09. The van der Waals surface area contributed by atoms with Gasteiger partial charge < -0.3 is 9.88 Å². The fourth-order valence-corrected chi connectivity index (χ4v) is 4.55. The molecule has 7 nitrogen and oxygen atoms in total. The number of nitrogens with one attached hydrogen (secondary N) is 1. The molecule has 0 fully saturated rings. The number of anilines is 1. The van der Waals surface area contributed by atoms with Gasteiger partial charge in [0.15, 0.2) is 16.8 Å². The number of thioether (sulfide) groups is 1. The molecule has 3 aromatic rings. The van der Waals surface area contributed by atoms with Gasteiger partial charge in [0.05, 0.1) is 27.9 Å². The Morgan fingerprint density at radius 2 is 1.94 bits per heavy atom. The first-order valence-corrected chi connectivity index (χ1v) is 11.9. The Bertz CT molecular complexity index is 1060. The van der Waals surface area contributed by atoms with Crippen molar-refractivity contribution >= 4 is 46.7 Å². The maximum atomic E-state index is 12.8. The number of nitrogens with zero attached hydrogens (tertiary/aromatic N) is 5. The molecule has 1 N–H and O–H groups in total. The first-order valence-electron chi connectivity index (χ1n) is 10.2. The van der Waals surface area contributed by atoms with E-state index in [0.717, 1.165) is 17.8 Å². The molecule has 0 aliphatic rings. The van der Waals surface area contributed by atoms with E-state index in [1.165, 1.54) is 18.0 Å². The Labute approximate surface area is 202 Å². The molecule has 0 spiro atoms. The Hall–Kier alpha value is -2.13. The first-order chi connectivity index (χ1) is 15.3. The topological polar surface area (TPSA) is 75.9 Å². The van der Waals surface area contributed by atoms with Crippen molar-refractivity contribution in [2.45, 2.75) is 43.3 Å². The minimum absolute atomic E-state index is 0.113. The quantitative estimate of drug-likeness (QED) is 0.415. The van der Waals surface area contributed by atoms with Crippen molar-refractivity contribution in [2.24, 2.45) is 0 Å². The van der Waals surface area contributed by atoms with Crippen molar-refractivity contribution in [3.8, 4) is 0 Å². The maximum Gasteiger partial charge on any atom is 0.238 e. The molecule has 1 aromatic carbocycles. The largest absolute Gasteiger partial charge is 0.308 e. The number of halogens is 2. The molecule has 10 heteroatoms. The summed E-state index contributed by atoms with van der Waals surface area (Å²) in [5, 5.41) is 12.6. The number of pyridine rings is 1. The monoisotopic (exact) mass is 492 g/mol. The summed E-state index contributed by atoms with van der Waals surface area (Å²) in [6.45, 7) is 4.56. The molecule has 0 saturated carbocycles. The minimum Gasteiger partial charge on any atom is -0.308 e. The molecule has 2 aromatic heterocycles. The van der Waals surface area contributed by atoms with Gasteiger partial charge in [-0.2, -0.15) is 0 Å². The molecule has 1 amide bonds. The highest BCUT2D eigenvalue weighted by Gasteiger charge is 2.25. The number of carbonyl (C=O) groups excluding carboxylic acids is 1. The molecule has 32 heavy (non-hydrogen) atoms. The van der Waals surface area contributed by atoms with E-state index in [1.54, 1.807) is 6.07 Å². The van der Waals surface area contributed by atoms with Crippen LogP contribution in [-0.4, -0.2) is 49.9 Å². The van der Waals surface area contributed by atoms with Crippen LogP contribution in [0.5, 0.6) is 0 Å². The molecule has 0 aliphatic heterocycles. The van der Waals surface area contributed by atoms with E-state index >= 15 is 0 Å². The van der Waals surface area contributed by atoms with Gasteiger partial charge in [-0.05, 0) is 39.1 Å². The molecule has 0 radical (unpaired) electrons. The van der Waals surface area contributed by atoms with Crippen LogP contribution in [0.3, 0.4) is 0 Å². The molecular formula is C22H26Cl2N6OS. The van der Waals surface area contributed by atoms with E-state index < -0.39 is 5.25 Å². The van der Waals surface area contributed by atoms with Gasteiger partial charge in [0, 0.05) is 6.20 Å².